The maximum Gasteiger partial charge on any atom is 0.263 e. The second kappa shape index (κ2) is 11.0. The number of fused-ring (bicyclic) bond motifs is 1. The van der Waals surface area contributed by atoms with Crippen molar-refractivity contribution in [2.45, 2.75) is 51.5 Å². The first-order chi connectivity index (χ1) is 16.1. The van der Waals surface area contributed by atoms with Crippen molar-refractivity contribution in [3.8, 4) is 11.4 Å². The lowest BCUT2D eigenvalue weighted by molar-refractivity contribution is -0.118. The Morgan fingerprint density at radius 3 is 2.70 bits per heavy atom. The highest BCUT2D eigenvalue weighted by Gasteiger charge is 2.20. The largest absolute Gasteiger partial charge is 0.341 e. The normalized spacial score (nSPS) is 12.0. The number of thiazole rings is 1. The summed E-state index contributed by atoms with van der Waals surface area (Å²) in [6, 6.07) is 14.0. The van der Waals surface area contributed by atoms with Crippen LogP contribution in [0.5, 0.6) is 0 Å². The zero-order chi connectivity index (χ0) is 23.0. The van der Waals surface area contributed by atoms with Crippen LogP contribution in [-0.4, -0.2) is 31.9 Å². The van der Waals surface area contributed by atoms with Gasteiger partial charge in [-0.2, -0.15) is 0 Å². The maximum absolute atomic E-state index is 12.7. The van der Waals surface area contributed by atoms with Gasteiger partial charge in [0.1, 0.15) is 10.7 Å². The fraction of sp³-hybridized carbons (Fsp3) is 0.320. The number of aromatic amines is 1. The molecule has 170 valence electrons. The minimum Gasteiger partial charge on any atom is -0.341 e. The van der Waals surface area contributed by atoms with Crippen LogP contribution in [0.2, 0.25) is 0 Å². The molecule has 2 N–H and O–H groups in total. The second-order valence-electron chi connectivity index (χ2n) is 8.00. The van der Waals surface area contributed by atoms with E-state index in [2.05, 4.69) is 49.7 Å². The summed E-state index contributed by atoms with van der Waals surface area (Å²) in [6.07, 6.45) is 6.12. The number of hydrogen-bond acceptors (Lipinski definition) is 6. The summed E-state index contributed by atoms with van der Waals surface area (Å²) in [5, 5.41) is 14.1. The monoisotopic (exact) mass is 461 g/mol. The van der Waals surface area contributed by atoms with Gasteiger partial charge in [-0.1, -0.05) is 56.2 Å². The summed E-state index contributed by atoms with van der Waals surface area (Å²) in [4.78, 5) is 32.1. The number of aromatic nitrogens is 4. The Kier molecular flexibility index (Phi) is 7.57. The van der Waals surface area contributed by atoms with E-state index in [0.29, 0.717) is 41.6 Å². The molecule has 7 nitrogen and oxygen atoms in total. The molecular weight excluding hydrogens is 434 g/mol. The molecule has 0 spiro atoms. The van der Waals surface area contributed by atoms with Crippen molar-refractivity contribution in [3.63, 3.8) is 0 Å². The molecule has 2 aromatic carbocycles. The minimum absolute atomic E-state index is 0.174. The van der Waals surface area contributed by atoms with Crippen molar-refractivity contribution >= 4 is 33.8 Å². The third kappa shape index (κ3) is 5.90. The average Bonchev–Trinajstić information content (AvgIpc) is 3.55. The molecule has 0 fully saturated rings. The first-order valence-electron chi connectivity index (χ1n) is 11.3. The molecule has 0 aliphatic heterocycles. The molecular formula is C25H27N5O2S. The van der Waals surface area contributed by atoms with Crippen molar-refractivity contribution in [2.24, 2.45) is 0 Å². The van der Waals surface area contributed by atoms with Gasteiger partial charge in [0.15, 0.2) is 11.6 Å². The number of nitrogens with zero attached hydrogens (tertiary/aromatic N) is 3. The summed E-state index contributed by atoms with van der Waals surface area (Å²) in [5.41, 5.74) is 2.58. The highest BCUT2D eigenvalue weighted by atomic mass is 32.1. The number of amides is 1. The van der Waals surface area contributed by atoms with Crippen molar-refractivity contribution < 1.29 is 9.59 Å². The van der Waals surface area contributed by atoms with Gasteiger partial charge in [0.25, 0.3) is 5.91 Å². The lowest BCUT2D eigenvalue weighted by Crippen LogP contribution is -2.28. The Labute approximate surface area is 196 Å². The number of ketones is 1. The van der Waals surface area contributed by atoms with Crippen LogP contribution >= 0.6 is 11.3 Å². The summed E-state index contributed by atoms with van der Waals surface area (Å²) in [5.74, 6) is 1.41. The van der Waals surface area contributed by atoms with Crippen molar-refractivity contribution in [2.75, 3.05) is 0 Å². The van der Waals surface area contributed by atoms with Crippen LogP contribution < -0.4 is 5.32 Å². The summed E-state index contributed by atoms with van der Waals surface area (Å²) in [6.45, 7) is 1.89. The summed E-state index contributed by atoms with van der Waals surface area (Å²) in [7, 11) is 0. The molecule has 1 atom stereocenters. The molecule has 8 heteroatoms. The Morgan fingerprint density at radius 2 is 1.91 bits per heavy atom. The van der Waals surface area contributed by atoms with Crippen LogP contribution in [0.1, 0.15) is 67.0 Å². The van der Waals surface area contributed by atoms with Crippen LogP contribution in [0, 0.1) is 0 Å². The van der Waals surface area contributed by atoms with E-state index >= 15 is 0 Å². The van der Waals surface area contributed by atoms with Crippen LogP contribution in [0.3, 0.4) is 0 Å². The van der Waals surface area contributed by atoms with Gasteiger partial charge in [-0.05, 0) is 29.7 Å². The number of hydrogen-bond donors (Lipinski definition) is 2. The van der Waals surface area contributed by atoms with Crippen LogP contribution in [0.4, 0.5) is 0 Å². The molecule has 2 heterocycles. The third-order valence-corrected chi connectivity index (χ3v) is 6.43. The first-order valence-corrected chi connectivity index (χ1v) is 12.1. The van der Waals surface area contributed by atoms with E-state index in [4.69, 9.17) is 0 Å². The van der Waals surface area contributed by atoms with Crippen LogP contribution in [0.25, 0.3) is 22.2 Å². The predicted octanol–water partition coefficient (Wildman–Crippen LogP) is 5.48. The van der Waals surface area contributed by atoms with Gasteiger partial charge in [-0.15, -0.1) is 21.5 Å². The smallest absolute Gasteiger partial charge is 0.263 e. The van der Waals surface area contributed by atoms with Gasteiger partial charge >= 0.3 is 0 Å². The van der Waals surface area contributed by atoms with Crippen LogP contribution in [-0.2, 0) is 4.79 Å². The number of rotatable bonds is 11. The van der Waals surface area contributed by atoms with Gasteiger partial charge in [0, 0.05) is 18.4 Å². The number of carbonyl (C=O) groups excluding carboxylic acids is 2. The van der Waals surface area contributed by atoms with E-state index in [0.717, 1.165) is 35.6 Å². The Hall–Kier alpha value is -3.39. The zero-order valence-corrected chi connectivity index (χ0v) is 19.4. The van der Waals surface area contributed by atoms with Gasteiger partial charge in [-0.25, -0.2) is 0 Å². The molecule has 4 aromatic rings. The molecule has 0 unspecified atom stereocenters. The quantitative estimate of drug-likeness (QED) is 0.288. The van der Waals surface area contributed by atoms with Crippen molar-refractivity contribution in [1.82, 2.24) is 25.5 Å². The number of H-pyrrole nitrogens is 1. The Bertz CT molecular complexity index is 1220. The third-order valence-electron chi connectivity index (χ3n) is 5.66. The molecule has 0 aliphatic rings. The second-order valence-corrected chi connectivity index (χ2v) is 8.89. The average molecular weight is 462 g/mol. The van der Waals surface area contributed by atoms with E-state index in [1.165, 1.54) is 11.3 Å². The molecule has 1 amide bonds. The summed E-state index contributed by atoms with van der Waals surface area (Å²) >= 11 is 1.30. The van der Waals surface area contributed by atoms with Gasteiger partial charge in [-0.3, -0.25) is 14.6 Å². The molecule has 2 aromatic heterocycles. The highest BCUT2D eigenvalue weighted by molar-refractivity contribution is 7.11. The maximum atomic E-state index is 12.7. The fourth-order valence-corrected chi connectivity index (χ4v) is 4.28. The molecule has 33 heavy (non-hydrogen) atoms. The number of Topliss-reactive ketones (excluding diaryl/α,β-unsaturated/α-hetero) is 1. The zero-order valence-electron chi connectivity index (χ0n) is 18.6. The van der Waals surface area contributed by atoms with Gasteiger partial charge in [0.2, 0.25) is 0 Å². The lowest BCUT2D eigenvalue weighted by Gasteiger charge is -2.15. The lowest BCUT2D eigenvalue weighted by atomic mass is 10.0. The molecule has 4 rings (SSSR count). The van der Waals surface area contributed by atoms with Gasteiger partial charge < -0.3 is 10.3 Å². The fourth-order valence-electron chi connectivity index (χ4n) is 3.76. The van der Waals surface area contributed by atoms with E-state index in [9.17, 15) is 9.59 Å². The Morgan fingerprint density at radius 1 is 1.06 bits per heavy atom. The predicted molar refractivity (Wildman–Crippen MR) is 130 cm³/mol. The Balaban J connectivity index is 1.48. The molecule has 0 aliphatic carbocycles. The highest BCUT2D eigenvalue weighted by Crippen LogP contribution is 2.24. The van der Waals surface area contributed by atoms with E-state index in [-0.39, 0.29) is 11.9 Å². The summed E-state index contributed by atoms with van der Waals surface area (Å²) < 4.78 is 0. The van der Waals surface area contributed by atoms with E-state index in [1.54, 1.807) is 11.7 Å². The van der Waals surface area contributed by atoms with Crippen LogP contribution in [0.15, 0.2) is 54.2 Å². The number of unbranched alkanes of at least 4 members (excludes halogenated alkanes) is 2. The minimum atomic E-state index is -0.303. The molecule has 0 saturated carbocycles. The van der Waals surface area contributed by atoms with Gasteiger partial charge in [0.05, 0.1) is 17.7 Å². The number of benzene rings is 2. The molecule has 0 saturated heterocycles. The van der Waals surface area contributed by atoms with E-state index < -0.39 is 0 Å². The SMILES string of the molecule is CCC(=O)CCCCC[C@H](NC(=O)c1cncs1)c1nnc(-c2ccc3ccccc3c2)[nH]1. The van der Waals surface area contributed by atoms with Crippen molar-refractivity contribution in [1.29, 1.82) is 0 Å². The topological polar surface area (TPSA) is 101 Å². The molecule has 0 bridgehead atoms. The van der Waals surface area contributed by atoms with Crippen molar-refractivity contribution in [3.05, 3.63) is 64.9 Å². The first kappa shape index (κ1) is 22.8. The molecule has 0 radical (unpaired) electrons. The van der Waals surface area contributed by atoms with E-state index in [1.807, 2.05) is 25.1 Å². The number of nitrogens with one attached hydrogen (secondary N) is 2. The number of carbonyl (C=O) groups is 2. The standard InChI is InChI=1S/C25H27N5O2S/c1-2-20(31)10-4-3-5-11-21(27-25(32)22-15-26-16-33-22)24-28-23(29-30-24)19-13-12-17-8-6-7-9-18(17)14-19/h6-9,12-16,21H,2-5,10-11H2,1H3,(H,27,32)(H,28,29,30)/t21-/m0/s1.